The summed E-state index contributed by atoms with van der Waals surface area (Å²) in [5.41, 5.74) is 1.25. The Bertz CT molecular complexity index is 521. The summed E-state index contributed by atoms with van der Waals surface area (Å²) < 4.78 is 0. The zero-order valence-electron chi connectivity index (χ0n) is 11.9. The second-order valence-electron chi connectivity index (χ2n) is 5.14. The van der Waals surface area contributed by atoms with Crippen molar-refractivity contribution in [2.24, 2.45) is 0 Å². The van der Waals surface area contributed by atoms with E-state index in [9.17, 15) is 9.59 Å². The van der Waals surface area contributed by atoms with Crippen LogP contribution in [0.1, 0.15) is 41.4 Å². The standard InChI is InChI=1S/C14H20N4O2/c1-4-12(19)18-8-6-5-7-11(18)13-10(9-15-16-13)14(20)17(2)3/h4,9,11H,1,5-8H2,2-3H3,(H,15,16). The highest BCUT2D eigenvalue weighted by molar-refractivity contribution is 5.95. The van der Waals surface area contributed by atoms with Gasteiger partial charge in [0.1, 0.15) is 0 Å². The molecular weight excluding hydrogens is 256 g/mol. The van der Waals surface area contributed by atoms with Gasteiger partial charge in [-0.3, -0.25) is 14.7 Å². The fourth-order valence-electron chi connectivity index (χ4n) is 2.57. The Balaban J connectivity index is 2.34. The van der Waals surface area contributed by atoms with Crippen molar-refractivity contribution in [2.75, 3.05) is 20.6 Å². The molecular formula is C14H20N4O2. The summed E-state index contributed by atoms with van der Waals surface area (Å²) >= 11 is 0. The molecule has 1 unspecified atom stereocenters. The molecule has 108 valence electrons. The van der Waals surface area contributed by atoms with E-state index in [0.29, 0.717) is 12.1 Å². The molecule has 6 heteroatoms. The molecule has 0 saturated carbocycles. The molecule has 1 aromatic rings. The van der Waals surface area contributed by atoms with Gasteiger partial charge >= 0.3 is 0 Å². The molecule has 20 heavy (non-hydrogen) atoms. The van der Waals surface area contributed by atoms with Gasteiger partial charge in [-0.2, -0.15) is 5.10 Å². The average molecular weight is 276 g/mol. The van der Waals surface area contributed by atoms with Crippen LogP contribution >= 0.6 is 0 Å². The number of hydrogen-bond acceptors (Lipinski definition) is 3. The number of H-pyrrole nitrogens is 1. The molecule has 0 aliphatic carbocycles. The number of carbonyl (C=O) groups excluding carboxylic acids is 2. The molecule has 6 nitrogen and oxygen atoms in total. The number of aromatic nitrogens is 2. The van der Waals surface area contributed by atoms with Crippen molar-refractivity contribution < 1.29 is 9.59 Å². The normalized spacial score (nSPS) is 18.7. The molecule has 2 amide bonds. The van der Waals surface area contributed by atoms with Crippen molar-refractivity contribution in [1.29, 1.82) is 0 Å². The van der Waals surface area contributed by atoms with Crippen molar-refractivity contribution >= 4 is 11.8 Å². The van der Waals surface area contributed by atoms with Gasteiger partial charge in [-0.15, -0.1) is 0 Å². The number of rotatable bonds is 3. The Hall–Kier alpha value is -2.11. The van der Waals surface area contributed by atoms with Crippen LogP contribution in [0.5, 0.6) is 0 Å². The molecule has 1 N–H and O–H groups in total. The van der Waals surface area contributed by atoms with Gasteiger partial charge in [0.05, 0.1) is 23.5 Å². The van der Waals surface area contributed by atoms with Gasteiger partial charge in [0.15, 0.2) is 0 Å². The average Bonchev–Trinajstić information content (AvgIpc) is 2.94. The van der Waals surface area contributed by atoms with Crippen LogP contribution in [0.3, 0.4) is 0 Å². The van der Waals surface area contributed by atoms with E-state index >= 15 is 0 Å². The molecule has 0 aromatic carbocycles. The Morgan fingerprint density at radius 3 is 2.90 bits per heavy atom. The minimum Gasteiger partial charge on any atom is -0.345 e. The first kappa shape index (κ1) is 14.3. The maximum atomic E-state index is 12.2. The maximum absolute atomic E-state index is 12.2. The molecule has 1 aliphatic rings. The van der Waals surface area contributed by atoms with E-state index in [0.717, 1.165) is 25.0 Å². The van der Waals surface area contributed by atoms with E-state index in [-0.39, 0.29) is 17.9 Å². The van der Waals surface area contributed by atoms with Crippen molar-refractivity contribution in [3.05, 3.63) is 30.1 Å². The fraction of sp³-hybridized carbons (Fsp3) is 0.500. The van der Waals surface area contributed by atoms with E-state index < -0.39 is 0 Å². The molecule has 2 rings (SSSR count). The topological polar surface area (TPSA) is 69.3 Å². The highest BCUT2D eigenvalue weighted by Crippen LogP contribution is 2.32. The molecule has 1 aromatic heterocycles. The number of piperidine rings is 1. The summed E-state index contributed by atoms with van der Waals surface area (Å²) in [7, 11) is 3.40. The van der Waals surface area contributed by atoms with Crippen LogP contribution in [0.15, 0.2) is 18.9 Å². The molecule has 2 heterocycles. The molecule has 0 bridgehead atoms. The van der Waals surface area contributed by atoms with E-state index in [1.165, 1.54) is 17.2 Å². The van der Waals surface area contributed by atoms with Crippen LogP contribution in [0.4, 0.5) is 0 Å². The smallest absolute Gasteiger partial charge is 0.256 e. The van der Waals surface area contributed by atoms with E-state index in [4.69, 9.17) is 0 Å². The highest BCUT2D eigenvalue weighted by atomic mass is 16.2. The van der Waals surface area contributed by atoms with Crippen LogP contribution in [0.2, 0.25) is 0 Å². The number of hydrogen-bond donors (Lipinski definition) is 1. The lowest BCUT2D eigenvalue weighted by Crippen LogP contribution is -2.38. The quantitative estimate of drug-likeness (QED) is 0.847. The van der Waals surface area contributed by atoms with Gasteiger partial charge in [-0.1, -0.05) is 6.58 Å². The Morgan fingerprint density at radius 2 is 2.25 bits per heavy atom. The number of aromatic amines is 1. The first-order chi connectivity index (χ1) is 9.56. The molecule has 0 spiro atoms. The fourth-order valence-corrected chi connectivity index (χ4v) is 2.57. The summed E-state index contributed by atoms with van der Waals surface area (Å²) in [6, 6.07) is -0.129. The van der Waals surface area contributed by atoms with Crippen molar-refractivity contribution in [3.63, 3.8) is 0 Å². The van der Waals surface area contributed by atoms with E-state index in [2.05, 4.69) is 16.8 Å². The molecule has 1 aliphatic heterocycles. The first-order valence-electron chi connectivity index (χ1n) is 6.74. The Morgan fingerprint density at radius 1 is 1.50 bits per heavy atom. The van der Waals surface area contributed by atoms with Crippen LogP contribution in [-0.4, -0.2) is 52.5 Å². The van der Waals surface area contributed by atoms with Gasteiger partial charge in [-0.25, -0.2) is 0 Å². The second kappa shape index (κ2) is 5.90. The third-order valence-corrected chi connectivity index (χ3v) is 3.60. The zero-order chi connectivity index (χ0) is 14.7. The molecule has 0 radical (unpaired) electrons. The molecule has 1 fully saturated rings. The SMILES string of the molecule is C=CC(=O)N1CCCCC1c1[nH]ncc1C(=O)N(C)C. The number of nitrogens with zero attached hydrogens (tertiary/aromatic N) is 3. The summed E-state index contributed by atoms with van der Waals surface area (Å²) in [4.78, 5) is 27.4. The van der Waals surface area contributed by atoms with Gasteiger partial charge in [0, 0.05) is 20.6 Å². The predicted molar refractivity (Wildman–Crippen MR) is 75.1 cm³/mol. The zero-order valence-corrected chi connectivity index (χ0v) is 11.9. The Labute approximate surface area is 118 Å². The minimum absolute atomic E-state index is 0.104. The van der Waals surface area contributed by atoms with E-state index in [1.54, 1.807) is 19.0 Å². The minimum atomic E-state index is -0.129. The summed E-state index contributed by atoms with van der Waals surface area (Å²) in [6.07, 6.45) is 5.68. The largest absolute Gasteiger partial charge is 0.345 e. The number of likely N-dealkylation sites (tertiary alicyclic amines) is 1. The summed E-state index contributed by atoms with van der Waals surface area (Å²) in [5, 5.41) is 6.88. The predicted octanol–water partition coefficient (Wildman–Crippen LogP) is 1.35. The van der Waals surface area contributed by atoms with Gasteiger partial charge < -0.3 is 9.80 Å². The van der Waals surface area contributed by atoms with Crippen LogP contribution < -0.4 is 0 Å². The second-order valence-corrected chi connectivity index (χ2v) is 5.14. The maximum Gasteiger partial charge on any atom is 0.256 e. The Kier molecular flexibility index (Phi) is 4.22. The van der Waals surface area contributed by atoms with Crippen molar-refractivity contribution in [2.45, 2.75) is 25.3 Å². The third kappa shape index (κ3) is 2.59. The third-order valence-electron chi connectivity index (χ3n) is 3.60. The molecule has 1 saturated heterocycles. The highest BCUT2D eigenvalue weighted by Gasteiger charge is 2.31. The number of carbonyl (C=O) groups is 2. The van der Waals surface area contributed by atoms with Crippen LogP contribution in [0.25, 0.3) is 0 Å². The van der Waals surface area contributed by atoms with Crippen LogP contribution in [0, 0.1) is 0 Å². The number of amides is 2. The summed E-state index contributed by atoms with van der Waals surface area (Å²) in [6.45, 7) is 4.23. The van der Waals surface area contributed by atoms with Gasteiger partial charge in [0.2, 0.25) is 5.91 Å². The number of nitrogens with one attached hydrogen (secondary N) is 1. The van der Waals surface area contributed by atoms with Crippen LogP contribution in [-0.2, 0) is 4.79 Å². The monoisotopic (exact) mass is 276 g/mol. The molecule has 1 atom stereocenters. The summed E-state index contributed by atoms with van der Waals surface area (Å²) in [5.74, 6) is -0.210. The first-order valence-corrected chi connectivity index (χ1v) is 6.74. The van der Waals surface area contributed by atoms with Gasteiger partial charge in [-0.05, 0) is 25.3 Å². The van der Waals surface area contributed by atoms with Crippen molar-refractivity contribution in [1.82, 2.24) is 20.0 Å². The lowest BCUT2D eigenvalue weighted by Gasteiger charge is -2.35. The van der Waals surface area contributed by atoms with Crippen molar-refractivity contribution in [3.8, 4) is 0 Å². The lowest BCUT2D eigenvalue weighted by molar-refractivity contribution is -0.129. The van der Waals surface area contributed by atoms with Gasteiger partial charge in [0.25, 0.3) is 5.91 Å². The van der Waals surface area contributed by atoms with E-state index in [1.807, 2.05) is 0 Å². The lowest BCUT2D eigenvalue weighted by atomic mass is 9.96.